The molecule has 0 aliphatic carbocycles. The maximum Gasteiger partial charge on any atom is 0.149 e. The lowest BCUT2D eigenvalue weighted by molar-refractivity contribution is -0.121. The monoisotopic (exact) mass is 192 g/mol. The van der Waals surface area contributed by atoms with Gasteiger partial charge in [0.1, 0.15) is 5.78 Å². The summed E-state index contributed by atoms with van der Waals surface area (Å²) in [5.74, 6) is 0.340. The number of carbonyl (C=O) groups excluding carboxylic acids is 1. The highest BCUT2D eigenvalue weighted by Crippen LogP contribution is 1.94. The van der Waals surface area contributed by atoms with E-state index < -0.39 is 0 Å². The molecule has 0 saturated carbocycles. The fourth-order valence-electron chi connectivity index (χ4n) is 1.02. The first kappa shape index (κ1) is 10.9. The number of Topliss-reactive ketones (excluding diaryl/α,β-unsaturated/α-hetero) is 1. The molecule has 0 spiro atoms. The lowest BCUT2D eigenvalue weighted by Gasteiger charge is -2.05. The van der Waals surface area contributed by atoms with E-state index in [1.54, 1.807) is 6.20 Å². The molecule has 1 aromatic rings. The summed E-state index contributed by atoms with van der Waals surface area (Å²) in [6.07, 6.45) is 1.75. The Morgan fingerprint density at radius 3 is 2.86 bits per heavy atom. The van der Waals surface area contributed by atoms with E-state index in [-0.39, 0.29) is 11.7 Å². The zero-order valence-electron chi connectivity index (χ0n) is 8.66. The van der Waals surface area contributed by atoms with Gasteiger partial charge in [0.05, 0.1) is 12.2 Å². The molecule has 1 N–H and O–H groups in total. The molecule has 0 radical (unpaired) electrons. The third-order valence-corrected chi connectivity index (χ3v) is 1.98. The molecule has 76 valence electrons. The van der Waals surface area contributed by atoms with Crippen molar-refractivity contribution in [2.75, 3.05) is 6.54 Å². The Morgan fingerprint density at radius 2 is 2.29 bits per heavy atom. The molecule has 1 rings (SSSR count). The highest BCUT2D eigenvalue weighted by atomic mass is 16.1. The van der Waals surface area contributed by atoms with Crippen LogP contribution in [0.3, 0.4) is 0 Å². The van der Waals surface area contributed by atoms with E-state index in [0.29, 0.717) is 13.1 Å². The summed E-state index contributed by atoms with van der Waals surface area (Å²) in [5, 5.41) is 3.07. The molecule has 0 unspecified atom stereocenters. The average molecular weight is 192 g/mol. The van der Waals surface area contributed by atoms with Crippen LogP contribution in [0.15, 0.2) is 24.4 Å². The second-order valence-electron chi connectivity index (χ2n) is 3.55. The van der Waals surface area contributed by atoms with E-state index in [1.807, 2.05) is 32.0 Å². The van der Waals surface area contributed by atoms with Gasteiger partial charge in [0.25, 0.3) is 0 Å². The van der Waals surface area contributed by atoms with Crippen molar-refractivity contribution in [1.82, 2.24) is 10.3 Å². The maximum atomic E-state index is 11.3. The van der Waals surface area contributed by atoms with Crippen molar-refractivity contribution >= 4 is 5.78 Å². The Kier molecular flexibility index (Phi) is 4.26. The van der Waals surface area contributed by atoms with Crippen LogP contribution in [0.5, 0.6) is 0 Å². The predicted octanol–water partition coefficient (Wildman–Crippen LogP) is 1.40. The molecule has 0 amide bonds. The van der Waals surface area contributed by atoms with E-state index in [2.05, 4.69) is 10.3 Å². The van der Waals surface area contributed by atoms with Gasteiger partial charge in [-0.05, 0) is 12.1 Å². The van der Waals surface area contributed by atoms with Gasteiger partial charge >= 0.3 is 0 Å². The van der Waals surface area contributed by atoms with Crippen LogP contribution < -0.4 is 5.32 Å². The molecule has 1 aromatic heterocycles. The van der Waals surface area contributed by atoms with Crippen molar-refractivity contribution in [3.8, 4) is 0 Å². The van der Waals surface area contributed by atoms with Crippen LogP contribution in [-0.4, -0.2) is 17.3 Å². The standard InChI is InChI=1S/C11H16N2O/c1-9(2)11(14)8-12-7-10-5-3-4-6-13-10/h3-6,9,12H,7-8H2,1-2H3. The van der Waals surface area contributed by atoms with Crippen molar-refractivity contribution in [1.29, 1.82) is 0 Å². The van der Waals surface area contributed by atoms with Gasteiger partial charge in [-0.15, -0.1) is 0 Å². The third-order valence-electron chi connectivity index (χ3n) is 1.98. The first-order chi connectivity index (χ1) is 6.70. The predicted molar refractivity (Wildman–Crippen MR) is 55.8 cm³/mol. The smallest absolute Gasteiger partial charge is 0.149 e. The highest BCUT2D eigenvalue weighted by molar-refractivity contribution is 5.82. The van der Waals surface area contributed by atoms with E-state index in [4.69, 9.17) is 0 Å². The number of rotatable bonds is 5. The van der Waals surface area contributed by atoms with Crippen LogP contribution in [0.4, 0.5) is 0 Å². The van der Waals surface area contributed by atoms with Crippen LogP contribution in [0.25, 0.3) is 0 Å². The molecule has 14 heavy (non-hydrogen) atoms. The van der Waals surface area contributed by atoms with Gasteiger partial charge in [-0.3, -0.25) is 9.78 Å². The number of carbonyl (C=O) groups is 1. The number of pyridine rings is 1. The molecular formula is C11H16N2O. The van der Waals surface area contributed by atoms with Crippen molar-refractivity contribution in [2.45, 2.75) is 20.4 Å². The summed E-state index contributed by atoms with van der Waals surface area (Å²) >= 11 is 0. The summed E-state index contributed by atoms with van der Waals surface area (Å²) in [7, 11) is 0. The zero-order valence-corrected chi connectivity index (χ0v) is 8.66. The Morgan fingerprint density at radius 1 is 1.50 bits per heavy atom. The van der Waals surface area contributed by atoms with Crippen molar-refractivity contribution < 1.29 is 4.79 Å². The molecular weight excluding hydrogens is 176 g/mol. The molecule has 0 aliphatic heterocycles. The molecule has 1 heterocycles. The summed E-state index contributed by atoms with van der Waals surface area (Å²) < 4.78 is 0. The molecule has 0 aromatic carbocycles. The van der Waals surface area contributed by atoms with Gasteiger partial charge in [0.2, 0.25) is 0 Å². The molecule has 0 fully saturated rings. The highest BCUT2D eigenvalue weighted by Gasteiger charge is 2.05. The Balaban J connectivity index is 2.26. The number of nitrogens with one attached hydrogen (secondary N) is 1. The second-order valence-corrected chi connectivity index (χ2v) is 3.55. The maximum absolute atomic E-state index is 11.3. The van der Waals surface area contributed by atoms with Gasteiger partial charge in [0, 0.05) is 18.7 Å². The Labute approximate surface area is 84.6 Å². The van der Waals surface area contributed by atoms with Crippen molar-refractivity contribution in [3.63, 3.8) is 0 Å². The first-order valence-corrected chi connectivity index (χ1v) is 4.83. The minimum atomic E-state index is 0.103. The molecule has 0 bridgehead atoms. The Hall–Kier alpha value is -1.22. The van der Waals surface area contributed by atoms with Gasteiger partial charge < -0.3 is 5.32 Å². The van der Waals surface area contributed by atoms with Crippen LogP contribution in [0.1, 0.15) is 19.5 Å². The van der Waals surface area contributed by atoms with E-state index in [0.717, 1.165) is 5.69 Å². The van der Waals surface area contributed by atoms with Crippen molar-refractivity contribution in [2.24, 2.45) is 5.92 Å². The quantitative estimate of drug-likeness (QED) is 0.766. The summed E-state index contributed by atoms with van der Waals surface area (Å²) in [4.78, 5) is 15.4. The number of ketones is 1. The van der Waals surface area contributed by atoms with Crippen LogP contribution in [0, 0.1) is 5.92 Å². The van der Waals surface area contributed by atoms with Gasteiger partial charge in [-0.2, -0.15) is 0 Å². The summed E-state index contributed by atoms with van der Waals surface area (Å²) in [6.45, 7) is 4.89. The topological polar surface area (TPSA) is 42.0 Å². The molecule has 0 atom stereocenters. The van der Waals surface area contributed by atoms with Crippen LogP contribution >= 0.6 is 0 Å². The van der Waals surface area contributed by atoms with E-state index >= 15 is 0 Å². The first-order valence-electron chi connectivity index (χ1n) is 4.83. The summed E-state index contributed by atoms with van der Waals surface area (Å²) in [5.41, 5.74) is 0.962. The van der Waals surface area contributed by atoms with Crippen LogP contribution in [-0.2, 0) is 11.3 Å². The minimum absolute atomic E-state index is 0.103. The van der Waals surface area contributed by atoms with Gasteiger partial charge in [-0.25, -0.2) is 0 Å². The van der Waals surface area contributed by atoms with E-state index in [9.17, 15) is 4.79 Å². The lowest BCUT2D eigenvalue weighted by atomic mass is 10.1. The lowest BCUT2D eigenvalue weighted by Crippen LogP contribution is -2.25. The van der Waals surface area contributed by atoms with Crippen LogP contribution in [0.2, 0.25) is 0 Å². The molecule has 0 saturated heterocycles. The molecule has 3 heteroatoms. The van der Waals surface area contributed by atoms with Gasteiger partial charge in [0.15, 0.2) is 0 Å². The number of aromatic nitrogens is 1. The third kappa shape index (κ3) is 3.66. The normalized spacial score (nSPS) is 10.5. The average Bonchev–Trinajstić information content (AvgIpc) is 2.19. The molecule has 3 nitrogen and oxygen atoms in total. The van der Waals surface area contributed by atoms with Crippen molar-refractivity contribution in [3.05, 3.63) is 30.1 Å². The fourth-order valence-corrected chi connectivity index (χ4v) is 1.02. The van der Waals surface area contributed by atoms with E-state index in [1.165, 1.54) is 0 Å². The zero-order chi connectivity index (χ0) is 10.4. The second kappa shape index (κ2) is 5.50. The largest absolute Gasteiger partial charge is 0.304 e. The SMILES string of the molecule is CC(C)C(=O)CNCc1ccccn1. The summed E-state index contributed by atoms with van der Waals surface area (Å²) in [6, 6.07) is 5.75. The Bertz CT molecular complexity index is 283. The fraction of sp³-hybridized carbons (Fsp3) is 0.455. The van der Waals surface area contributed by atoms with Gasteiger partial charge in [-0.1, -0.05) is 19.9 Å². The number of hydrogen-bond donors (Lipinski definition) is 1. The number of hydrogen-bond acceptors (Lipinski definition) is 3. The molecule has 0 aliphatic rings. The number of nitrogens with zero attached hydrogens (tertiary/aromatic N) is 1. The minimum Gasteiger partial charge on any atom is -0.304 e.